The molecule has 0 radical (unpaired) electrons. The highest BCUT2D eigenvalue weighted by atomic mass is 35.5. The summed E-state index contributed by atoms with van der Waals surface area (Å²) in [5.41, 5.74) is 1.36. The van der Waals surface area contributed by atoms with Crippen LogP contribution in [0.2, 0.25) is 5.02 Å². The number of carbonyl (C=O) groups is 2. The Hall–Kier alpha value is -3.30. The van der Waals surface area contributed by atoms with Gasteiger partial charge in [-0.2, -0.15) is 5.26 Å². The lowest BCUT2D eigenvalue weighted by molar-refractivity contribution is -0.139. The monoisotopic (exact) mass is 370 g/mol. The van der Waals surface area contributed by atoms with E-state index in [1.54, 1.807) is 6.07 Å². The quantitative estimate of drug-likeness (QED) is 0.576. The fraction of sp³-hybridized carbons (Fsp3) is 0.105. The summed E-state index contributed by atoms with van der Waals surface area (Å²) in [5, 5.41) is 20.7. The molecule has 0 unspecified atom stereocenters. The molecule has 7 heteroatoms. The third kappa shape index (κ3) is 5.65. The third-order valence-corrected chi connectivity index (χ3v) is 3.57. The zero-order valence-corrected chi connectivity index (χ0v) is 14.4. The number of carboxylic acid groups (broad SMARTS) is 1. The van der Waals surface area contributed by atoms with Crippen molar-refractivity contribution in [1.29, 1.82) is 5.26 Å². The molecule has 132 valence electrons. The van der Waals surface area contributed by atoms with E-state index in [4.69, 9.17) is 21.4 Å². The molecule has 0 saturated heterocycles. The standard InChI is InChI=1S/C19H15ClN2O4/c20-16-9-14(6-7-17(16)26-12-18(23)24)8-15(10-21)19(25)22-11-13-4-2-1-3-5-13/h1-9H,11-12H2,(H,22,25)(H,23,24)/b15-8-. The molecule has 26 heavy (non-hydrogen) atoms. The largest absolute Gasteiger partial charge is 0.480 e. The minimum Gasteiger partial charge on any atom is -0.480 e. The molecule has 0 aliphatic rings. The van der Waals surface area contributed by atoms with Gasteiger partial charge in [-0.3, -0.25) is 4.79 Å². The molecule has 0 bridgehead atoms. The van der Waals surface area contributed by atoms with Crippen molar-refractivity contribution in [3.05, 3.63) is 70.3 Å². The molecule has 1 amide bonds. The molecular weight excluding hydrogens is 356 g/mol. The number of nitriles is 1. The Morgan fingerprint density at radius 2 is 1.96 bits per heavy atom. The van der Waals surface area contributed by atoms with Crippen LogP contribution in [0.3, 0.4) is 0 Å². The Bertz CT molecular complexity index is 873. The van der Waals surface area contributed by atoms with Gasteiger partial charge in [-0.25, -0.2) is 4.79 Å². The van der Waals surface area contributed by atoms with Gasteiger partial charge in [-0.15, -0.1) is 0 Å². The van der Waals surface area contributed by atoms with Crippen molar-refractivity contribution < 1.29 is 19.4 Å². The highest BCUT2D eigenvalue weighted by Crippen LogP contribution is 2.26. The number of halogens is 1. The van der Waals surface area contributed by atoms with Gasteiger partial charge in [-0.05, 0) is 29.3 Å². The van der Waals surface area contributed by atoms with Gasteiger partial charge in [0.05, 0.1) is 5.02 Å². The maximum absolute atomic E-state index is 12.2. The number of carboxylic acids is 1. The number of hydrogen-bond acceptors (Lipinski definition) is 4. The Morgan fingerprint density at radius 3 is 2.58 bits per heavy atom. The van der Waals surface area contributed by atoms with Crippen LogP contribution in [0.4, 0.5) is 0 Å². The van der Waals surface area contributed by atoms with Crippen molar-refractivity contribution in [2.75, 3.05) is 6.61 Å². The average Bonchev–Trinajstić information content (AvgIpc) is 2.64. The molecule has 6 nitrogen and oxygen atoms in total. The van der Waals surface area contributed by atoms with Crippen molar-refractivity contribution in [1.82, 2.24) is 5.32 Å². The van der Waals surface area contributed by atoms with Crippen LogP contribution in [-0.2, 0) is 16.1 Å². The van der Waals surface area contributed by atoms with Crippen molar-refractivity contribution >= 4 is 29.6 Å². The van der Waals surface area contributed by atoms with Crippen LogP contribution in [0.25, 0.3) is 6.08 Å². The lowest BCUT2D eigenvalue weighted by Crippen LogP contribution is -2.23. The fourth-order valence-electron chi connectivity index (χ4n) is 2.05. The first-order valence-electron chi connectivity index (χ1n) is 7.57. The van der Waals surface area contributed by atoms with E-state index in [0.29, 0.717) is 12.1 Å². The minimum atomic E-state index is -1.12. The van der Waals surface area contributed by atoms with Crippen LogP contribution in [0.15, 0.2) is 54.1 Å². The molecule has 0 atom stereocenters. The maximum atomic E-state index is 12.2. The van der Waals surface area contributed by atoms with E-state index < -0.39 is 18.5 Å². The fourth-order valence-corrected chi connectivity index (χ4v) is 2.30. The second kappa shape index (κ2) is 9.25. The van der Waals surface area contributed by atoms with Gasteiger partial charge in [0.2, 0.25) is 0 Å². The molecule has 2 aromatic rings. The van der Waals surface area contributed by atoms with Crippen LogP contribution in [0.1, 0.15) is 11.1 Å². The number of hydrogen-bond donors (Lipinski definition) is 2. The molecule has 0 aliphatic heterocycles. The van der Waals surface area contributed by atoms with E-state index in [1.165, 1.54) is 18.2 Å². The van der Waals surface area contributed by atoms with Crippen LogP contribution >= 0.6 is 11.6 Å². The molecule has 0 saturated carbocycles. The maximum Gasteiger partial charge on any atom is 0.341 e. The number of nitrogens with zero attached hydrogens (tertiary/aromatic N) is 1. The first-order valence-corrected chi connectivity index (χ1v) is 7.95. The van der Waals surface area contributed by atoms with Crippen LogP contribution in [0.5, 0.6) is 5.75 Å². The summed E-state index contributed by atoms with van der Waals surface area (Å²) < 4.78 is 5.02. The Balaban J connectivity index is 2.07. The highest BCUT2D eigenvalue weighted by molar-refractivity contribution is 6.32. The first kappa shape index (κ1) is 19.0. The van der Waals surface area contributed by atoms with E-state index in [1.807, 2.05) is 36.4 Å². The van der Waals surface area contributed by atoms with E-state index in [2.05, 4.69) is 5.32 Å². The van der Waals surface area contributed by atoms with Crippen molar-refractivity contribution in [2.45, 2.75) is 6.54 Å². The Morgan fingerprint density at radius 1 is 1.23 bits per heavy atom. The second-order valence-electron chi connectivity index (χ2n) is 5.21. The van der Waals surface area contributed by atoms with E-state index in [0.717, 1.165) is 5.56 Å². The summed E-state index contributed by atoms with van der Waals surface area (Å²) in [6.45, 7) is -0.207. The summed E-state index contributed by atoms with van der Waals surface area (Å²) in [4.78, 5) is 22.7. The van der Waals surface area contributed by atoms with Gasteiger partial charge in [0.15, 0.2) is 6.61 Å². The number of nitrogens with one attached hydrogen (secondary N) is 1. The molecule has 0 fully saturated rings. The van der Waals surface area contributed by atoms with Gasteiger partial charge in [-0.1, -0.05) is 48.0 Å². The molecular formula is C19H15ClN2O4. The number of ether oxygens (including phenoxy) is 1. The summed E-state index contributed by atoms with van der Waals surface area (Å²) in [6.07, 6.45) is 1.40. The summed E-state index contributed by atoms with van der Waals surface area (Å²) >= 11 is 6.03. The second-order valence-corrected chi connectivity index (χ2v) is 5.62. The predicted molar refractivity (Wildman–Crippen MR) is 96.5 cm³/mol. The van der Waals surface area contributed by atoms with Gasteiger partial charge in [0, 0.05) is 6.54 Å². The van der Waals surface area contributed by atoms with Crippen LogP contribution in [-0.4, -0.2) is 23.6 Å². The molecule has 2 N–H and O–H groups in total. The average molecular weight is 371 g/mol. The lowest BCUT2D eigenvalue weighted by Gasteiger charge is -2.07. The third-order valence-electron chi connectivity index (χ3n) is 3.28. The molecule has 0 aromatic heterocycles. The number of benzene rings is 2. The van der Waals surface area contributed by atoms with E-state index >= 15 is 0 Å². The van der Waals surface area contributed by atoms with Crippen molar-refractivity contribution in [2.24, 2.45) is 0 Å². The Kier molecular flexibility index (Phi) is 6.77. The topological polar surface area (TPSA) is 99.4 Å². The number of aliphatic carboxylic acids is 1. The summed E-state index contributed by atoms with van der Waals surface area (Å²) in [6, 6.07) is 15.7. The SMILES string of the molecule is N#C/C(=C/c1ccc(OCC(=O)O)c(Cl)c1)C(=O)NCc1ccccc1. The highest BCUT2D eigenvalue weighted by Gasteiger charge is 2.10. The molecule has 0 heterocycles. The summed E-state index contributed by atoms with van der Waals surface area (Å²) in [7, 11) is 0. The van der Waals surface area contributed by atoms with E-state index in [9.17, 15) is 14.9 Å². The first-order chi connectivity index (χ1) is 12.5. The van der Waals surface area contributed by atoms with Crippen molar-refractivity contribution in [3.8, 4) is 11.8 Å². The zero-order valence-electron chi connectivity index (χ0n) is 13.6. The van der Waals surface area contributed by atoms with E-state index in [-0.39, 0.29) is 16.3 Å². The smallest absolute Gasteiger partial charge is 0.341 e. The molecule has 2 aromatic carbocycles. The van der Waals surface area contributed by atoms with Gasteiger partial charge < -0.3 is 15.2 Å². The van der Waals surface area contributed by atoms with Gasteiger partial charge in [0.25, 0.3) is 5.91 Å². The van der Waals surface area contributed by atoms with Crippen LogP contribution in [0, 0.1) is 11.3 Å². The predicted octanol–water partition coefficient (Wildman–Crippen LogP) is 3.03. The van der Waals surface area contributed by atoms with Gasteiger partial charge >= 0.3 is 5.97 Å². The zero-order chi connectivity index (χ0) is 18.9. The lowest BCUT2D eigenvalue weighted by atomic mass is 10.1. The minimum absolute atomic E-state index is 0.0730. The molecule has 0 spiro atoms. The van der Waals surface area contributed by atoms with Crippen LogP contribution < -0.4 is 10.1 Å². The Labute approximate surface area is 155 Å². The number of amides is 1. The van der Waals surface area contributed by atoms with Gasteiger partial charge in [0.1, 0.15) is 17.4 Å². The van der Waals surface area contributed by atoms with Crippen molar-refractivity contribution in [3.63, 3.8) is 0 Å². The normalized spacial score (nSPS) is 10.7. The number of rotatable bonds is 7. The molecule has 2 rings (SSSR count). The number of carbonyl (C=O) groups excluding carboxylic acids is 1. The molecule has 0 aliphatic carbocycles. The summed E-state index contributed by atoms with van der Waals surface area (Å²) in [5.74, 6) is -1.41.